The largest absolute Gasteiger partial charge is 0.353 e. The number of imide groups is 1. The van der Waals surface area contributed by atoms with Gasteiger partial charge in [0.15, 0.2) is 0 Å². The lowest BCUT2D eigenvalue weighted by Gasteiger charge is -2.33. The van der Waals surface area contributed by atoms with Crippen molar-refractivity contribution in [1.82, 2.24) is 20.2 Å². The number of anilines is 1. The standard InChI is InChI=1S/C17H17N5O2S/c1-21-4-6-22(7-5-21)15-12-8-11(2-3-13(12)18-10-19-15)9-14-16(23)20-17(24)25-14/h2-3,8-10H,4-7H2,1H3,(H,20,23,24). The molecule has 2 aromatic rings. The van der Waals surface area contributed by atoms with Crippen LogP contribution in [0.25, 0.3) is 17.0 Å². The van der Waals surface area contributed by atoms with Gasteiger partial charge in [0.1, 0.15) is 12.1 Å². The van der Waals surface area contributed by atoms with Crippen molar-refractivity contribution in [2.24, 2.45) is 0 Å². The van der Waals surface area contributed by atoms with Crippen molar-refractivity contribution in [1.29, 1.82) is 0 Å². The molecule has 0 atom stereocenters. The minimum Gasteiger partial charge on any atom is -0.353 e. The van der Waals surface area contributed by atoms with E-state index in [9.17, 15) is 9.59 Å². The summed E-state index contributed by atoms with van der Waals surface area (Å²) in [5, 5.41) is 2.89. The molecule has 0 bridgehead atoms. The van der Waals surface area contributed by atoms with E-state index < -0.39 is 0 Å². The van der Waals surface area contributed by atoms with E-state index in [-0.39, 0.29) is 11.1 Å². The van der Waals surface area contributed by atoms with Gasteiger partial charge >= 0.3 is 0 Å². The van der Waals surface area contributed by atoms with Crippen LogP contribution in [0.15, 0.2) is 29.4 Å². The van der Waals surface area contributed by atoms with Crippen LogP contribution in [-0.4, -0.2) is 59.2 Å². The van der Waals surface area contributed by atoms with E-state index in [1.807, 2.05) is 18.2 Å². The number of fused-ring (bicyclic) bond motifs is 1. The number of piperazine rings is 1. The summed E-state index contributed by atoms with van der Waals surface area (Å²) in [5.74, 6) is 0.566. The molecule has 128 valence electrons. The van der Waals surface area contributed by atoms with Crippen LogP contribution in [0, 0.1) is 0 Å². The Morgan fingerprint density at radius 1 is 1.16 bits per heavy atom. The molecule has 2 fully saturated rings. The van der Waals surface area contributed by atoms with E-state index in [1.54, 1.807) is 12.4 Å². The molecule has 3 heterocycles. The Morgan fingerprint density at radius 2 is 1.96 bits per heavy atom. The van der Waals surface area contributed by atoms with Gasteiger partial charge in [0.2, 0.25) is 0 Å². The average Bonchev–Trinajstić information content (AvgIpc) is 2.92. The zero-order chi connectivity index (χ0) is 17.4. The molecule has 1 aromatic carbocycles. The number of carbonyl (C=O) groups excluding carboxylic acids is 2. The minimum absolute atomic E-state index is 0.335. The maximum Gasteiger partial charge on any atom is 0.290 e. The molecule has 25 heavy (non-hydrogen) atoms. The Bertz CT molecular complexity index is 890. The first kappa shape index (κ1) is 16.0. The number of amides is 2. The zero-order valence-corrected chi connectivity index (χ0v) is 14.5. The van der Waals surface area contributed by atoms with Crippen molar-refractivity contribution in [2.75, 3.05) is 38.1 Å². The normalized spacial score (nSPS) is 20.5. The lowest BCUT2D eigenvalue weighted by Crippen LogP contribution is -2.44. The molecule has 4 rings (SSSR count). The highest BCUT2D eigenvalue weighted by Crippen LogP contribution is 2.29. The van der Waals surface area contributed by atoms with Gasteiger partial charge in [-0.3, -0.25) is 14.9 Å². The number of nitrogens with zero attached hydrogens (tertiary/aromatic N) is 4. The maximum atomic E-state index is 11.7. The minimum atomic E-state index is -0.348. The SMILES string of the molecule is CN1CCN(c2ncnc3ccc(C=C4SC(=O)NC4=O)cc23)CC1. The van der Waals surface area contributed by atoms with Gasteiger partial charge in [-0.2, -0.15) is 0 Å². The number of hydrogen-bond donors (Lipinski definition) is 1. The van der Waals surface area contributed by atoms with Gasteiger partial charge in [-0.15, -0.1) is 0 Å². The molecule has 0 spiro atoms. The number of aromatic nitrogens is 2. The Morgan fingerprint density at radius 3 is 2.68 bits per heavy atom. The van der Waals surface area contributed by atoms with Crippen LogP contribution in [0.2, 0.25) is 0 Å². The molecule has 1 N–H and O–H groups in total. The first-order valence-corrected chi connectivity index (χ1v) is 8.85. The van der Waals surface area contributed by atoms with Crippen molar-refractivity contribution in [3.63, 3.8) is 0 Å². The zero-order valence-electron chi connectivity index (χ0n) is 13.7. The third kappa shape index (κ3) is 3.22. The molecule has 0 unspecified atom stereocenters. The molecule has 2 aliphatic rings. The number of carbonyl (C=O) groups is 2. The summed E-state index contributed by atoms with van der Waals surface area (Å²) in [7, 11) is 2.12. The molecular weight excluding hydrogens is 338 g/mol. The molecule has 0 aliphatic carbocycles. The third-order valence-electron chi connectivity index (χ3n) is 4.38. The van der Waals surface area contributed by atoms with Crippen LogP contribution in [0.1, 0.15) is 5.56 Å². The van der Waals surface area contributed by atoms with Crippen molar-refractivity contribution in [3.8, 4) is 0 Å². The quantitative estimate of drug-likeness (QED) is 0.822. The monoisotopic (exact) mass is 355 g/mol. The lowest BCUT2D eigenvalue weighted by atomic mass is 10.1. The van der Waals surface area contributed by atoms with Gasteiger partial charge in [0.05, 0.1) is 10.4 Å². The Hall–Kier alpha value is -2.45. The van der Waals surface area contributed by atoms with Crippen LogP contribution in [0.5, 0.6) is 0 Å². The van der Waals surface area contributed by atoms with Crippen LogP contribution < -0.4 is 10.2 Å². The highest BCUT2D eigenvalue weighted by molar-refractivity contribution is 8.18. The van der Waals surface area contributed by atoms with Gasteiger partial charge in [0.25, 0.3) is 11.1 Å². The fourth-order valence-corrected chi connectivity index (χ4v) is 3.68. The van der Waals surface area contributed by atoms with Gasteiger partial charge in [-0.05, 0) is 42.6 Å². The maximum absolute atomic E-state index is 11.7. The first-order valence-electron chi connectivity index (χ1n) is 8.03. The molecule has 2 aliphatic heterocycles. The van der Waals surface area contributed by atoms with Crippen LogP contribution in [0.4, 0.5) is 10.6 Å². The number of rotatable bonds is 2. The van der Waals surface area contributed by atoms with Crippen LogP contribution in [0.3, 0.4) is 0 Å². The summed E-state index contributed by atoms with van der Waals surface area (Å²) in [6.07, 6.45) is 3.32. The van der Waals surface area contributed by atoms with E-state index in [4.69, 9.17) is 0 Å². The van der Waals surface area contributed by atoms with E-state index in [2.05, 4.69) is 32.1 Å². The number of benzene rings is 1. The summed E-state index contributed by atoms with van der Waals surface area (Å²) in [5.41, 5.74) is 1.72. The fourth-order valence-electron chi connectivity index (χ4n) is 2.99. The molecule has 0 saturated carbocycles. The van der Waals surface area contributed by atoms with Crippen molar-refractivity contribution >= 4 is 45.7 Å². The molecule has 2 amide bonds. The predicted molar refractivity (Wildman–Crippen MR) is 98.4 cm³/mol. The summed E-state index contributed by atoms with van der Waals surface area (Å²) in [4.78, 5) is 36.9. The molecule has 1 aromatic heterocycles. The van der Waals surface area contributed by atoms with Gasteiger partial charge < -0.3 is 9.80 Å². The molecular formula is C17H17N5O2S. The van der Waals surface area contributed by atoms with Crippen molar-refractivity contribution in [3.05, 3.63) is 35.0 Å². The average molecular weight is 355 g/mol. The number of hydrogen-bond acceptors (Lipinski definition) is 7. The second kappa shape index (κ2) is 6.45. The third-order valence-corrected chi connectivity index (χ3v) is 5.19. The van der Waals surface area contributed by atoms with Gasteiger partial charge in [-0.25, -0.2) is 9.97 Å². The highest BCUT2D eigenvalue weighted by Gasteiger charge is 2.25. The topological polar surface area (TPSA) is 78.4 Å². The highest BCUT2D eigenvalue weighted by atomic mass is 32.2. The van der Waals surface area contributed by atoms with E-state index in [0.29, 0.717) is 4.91 Å². The molecule has 8 heteroatoms. The Labute approximate surface area is 149 Å². The van der Waals surface area contributed by atoms with E-state index >= 15 is 0 Å². The Kier molecular flexibility index (Phi) is 4.14. The second-order valence-corrected chi connectivity index (χ2v) is 7.13. The number of nitrogens with one attached hydrogen (secondary N) is 1. The molecule has 2 saturated heterocycles. The van der Waals surface area contributed by atoms with Crippen molar-refractivity contribution < 1.29 is 9.59 Å². The van der Waals surface area contributed by atoms with Gasteiger partial charge in [-0.1, -0.05) is 6.07 Å². The fraction of sp³-hybridized carbons (Fsp3) is 0.294. The van der Waals surface area contributed by atoms with Crippen LogP contribution >= 0.6 is 11.8 Å². The summed E-state index contributed by atoms with van der Waals surface area (Å²) in [6, 6.07) is 5.79. The summed E-state index contributed by atoms with van der Waals surface area (Å²) >= 11 is 0.921. The van der Waals surface area contributed by atoms with Gasteiger partial charge in [0, 0.05) is 31.6 Å². The van der Waals surface area contributed by atoms with Crippen LogP contribution in [-0.2, 0) is 4.79 Å². The smallest absolute Gasteiger partial charge is 0.290 e. The summed E-state index contributed by atoms with van der Waals surface area (Å²) in [6.45, 7) is 3.82. The predicted octanol–water partition coefficient (Wildman–Crippen LogP) is 1.71. The molecule has 7 nitrogen and oxygen atoms in total. The first-order chi connectivity index (χ1) is 12.1. The summed E-state index contributed by atoms with van der Waals surface area (Å²) < 4.78 is 0. The number of likely N-dealkylation sites (N-methyl/N-ethyl adjacent to an activating group) is 1. The van der Waals surface area contributed by atoms with E-state index in [0.717, 1.165) is 60.2 Å². The number of thioether (sulfide) groups is 1. The molecule has 0 radical (unpaired) electrons. The van der Waals surface area contributed by atoms with Crippen molar-refractivity contribution in [2.45, 2.75) is 0 Å². The lowest BCUT2D eigenvalue weighted by molar-refractivity contribution is -0.115. The Balaban J connectivity index is 1.72. The second-order valence-electron chi connectivity index (χ2n) is 6.12. The van der Waals surface area contributed by atoms with E-state index in [1.165, 1.54) is 0 Å².